The molecule has 1 fully saturated rings. The van der Waals surface area contributed by atoms with Crippen LogP contribution in [0.1, 0.15) is 16.8 Å². The van der Waals surface area contributed by atoms with Gasteiger partial charge in [0.05, 0.1) is 11.6 Å². The lowest BCUT2D eigenvalue weighted by Crippen LogP contribution is -2.31. The summed E-state index contributed by atoms with van der Waals surface area (Å²) in [5.74, 6) is 0.751. The van der Waals surface area contributed by atoms with Crippen LogP contribution in [-0.4, -0.2) is 37.0 Å². The van der Waals surface area contributed by atoms with E-state index in [2.05, 4.69) is 15.9 Å². The normalized spacial score (nSPS) is 19.5. The van der Waals surface area contributed by atoms with Gasteiger partial charge in [0.25, 0.3) is 5.91 Å². The highest BCUT2D eigenvalue weighted by Gasteiger charge is 2.24. The number of carbonyl (C=O) groups excluding carboxylic acids is 1. The molecule has 0 saturated carbocycles. The molecular formula is C12H15BrN2O2. The van der Waals surface area contributed by atoms with Gasteiger partial charge in [0.15, 0.2) is 0 Å². The van der Waals surface area contributed by atoms with Crippen LogP contribution in [0.15, 0.2) is 22.7 Å². The third-order valence-corrected chi connectivity index (χ3v) is 3.53. The third-order valence-electron chi connectivity index (χ3n) is 2.91. The maximum absolute atomic E-state index is 12.2. The summed E-state index contributed by atoms with van der Waals surface area (Å²) in [6.07, 6.45) is 0.878. The van der Waals surface area contributed by atoms with Gasteiger partial charge in [-0.15, -0.1) is 0 Å². The molecule has 2 rings (SSSR count). The number of ether oxygens (including phenoxy) is 1. The molecule has 92 valence electrons. The molecule has 4 nitrogen and oxygen atoms in total. The van der Waals surface area contributed by atoms with E-state index in [1.54, 1.807) is 30.2 Å². The smallest absolute Gasteiger partial charge is 0.253 e. The zero-order valence-corrected chi connectivity index (χ0v) is 11.2. The Balaban J connectivity index is 2.17. The van der Waals surface area contributed by atoms with Gasteiger partial charge in [-0.05, 0) is 40.5 Å². The van der Waals surface area contributed by atoms with Gasteiger partial charge in [0.2, 0.25) is 0 Å². The summed E-state index contributed by atoms with van der Waals surface area (Å²) < 4.78 is 5.92. The molecule has 0 spiro atoms. The highest BCUT2D eigenvalue weighted by molar-refractivity contribution is 9.10. The van der Waals surface area contributed by atoms with Crippen molar-refractivity contribution >= 4 is 21.8 Å². The van der Waals surface area contributed by atoms with Crippen LogP contribution in [0.4, 0.5) is 0 Å². The maximum atomic E-state index is 12.2. The molecule has 0 aliphatic carbocycles. The van der Waals surface area contributed by atoms with Crippen LogP contribution in [-0.2, 0) is 0 Å². The summed E-state index contributed by atoms with van der Waals surface area (Å²) in [4.78, 5) is 13.9. The fourth-order valence-electron chi connectivity index (χ4n) is 1.95. The summed E-state index contributed by atoms with van der Waals surface area (Å²) >= 11 is 3.38. The van der Waals surface area contributed by atoms with E-state index in [1.807, 2.05) is 0 Å². The van der Waals surface area contributed by atoms with E-state index in [-0.39, 0.29) is 11.9 Å². The first kappa shape index (κ1) is 12.4. The van der Waals surface area contributed by atoms with E-state index in [0.29, 0.717) is 12.1 Å². The van der Waals surface area contributed by atoms with Crippen molar-refractivity contribution in [2.75, 3.05) is 20.2 Å². The number of amides is 1. The molecule has 5 heteroatoms. The molecule has 1 saturated heterocycles. The minimum absolute atomic E-state index is 0.0290. The maximum Gasteiger partial charge on any atom is 0.253 e. The van der Waals surface area contributed by atoms with Gasteiger partial charge in [0.1, 0.15) is 5.75 Å². The molecule has 1 aliphatic heterocycles. The number of carbonyl (C=O) groups is 1. The molecule has 0 unspecified atom stereocenters. The minimum Gasteiger partial charge on any atom is -0.496 e. The van der Waals surface area contributed by atoms with Crippen LogP contribution < -0.4 is 10.5 Å². The average Bonchev–Trinajstić information content (AvgIpc) is 2.75. The molecule has 1 amide bonds. The lowest BCUT2D eigenvalue weighted by atomic mass is 10.2. The average molecular weight is 299 g/mol. The Kier molecular flexibility index (Phi) is 3.69. The number of benzene rings is 1. The Bertz CT molecular complexity index is 437. The van der Waals surface area contributed by atoms with Gasteiger partial charge in [-0.2, -0.15) is 0 Å². The van der Waals surface area contributed by atoms with Crippen molar-refractivity contribution in [2.45, 2.75) is 12.5 Å². The van der Waals surface area contributed by atoms with Crippen molar-refractivity contribution in [1.29, 1.82) is 0 Å². The van der Waals surface area contributed by atoms with Crippen LogP contribution in [0.5, 0.6) is 5.75 Å². The second-order valence-electron chi connectivity index (χ2n) is 4.15. The predicted octanol–water partition coefficient (Wildman–Crippen LogP) is 1.63. The van der Waals surface area contributed by atoms with Crippen LogP contribution >= 0.6 is 15.9 Å². The van der Waals surface area contributed by atoms with E-state index in [1.165, 1.54) is 0 Å². The van der Waals surface area contributed by atoms with Gasteiger partial charge in [-0.25, -0.2) is 0 Å². The number of methoxy groups -OCH3 is 1. The molecule has 0 bridgehead atoms. The Morgan fingerprint density at radius 2 is 2.35 bits per heavy atom. The van der Waals surface area contributed by atoms with Crippen molar-refractivity contribution in [3.05, 3.63) is 28.2 Å². The molecule has 0 aromatic heterocycles. The Morgan fingerprint density at radius 1 is 1.59 bits per heavy atom. The van der Waals surface area contributed by atoms with Gasteiger partial charge in [-0.1, -0.05) is 0 Å². The molecule has 2 N–H and O–H groups in total. The van der Waals surface area contributed by atoms with Crippen molar-refractivity contribution < 1.29 is 9.53 Å². The third kappa shape index (κ3) is 2.61. The number of hydrogen-bond donors (Lipinski definition) is 1. The number of likely N-dealkylation sites (tertiary alicyclic amines) is 1. The number of nitrogens with two attached hydrogens (primary N) is 1. The fourth-order valence-corrected chi connectivity index (χ4v) is 2.49. The molecule has 1 aliphatic rings. The van der Waals surface area contributed by atoms with E-state index in [4.69, 9.17) is 10.5 Å². The number of rotatable bonds is 2. The largest absolute Gasteiger partial charge is 0.496 e. The van der Waals surface area contributed by atoms with E-state index in [9.17, 15) is 4.79 Å². The topological polar surface area (TPSA) is 55.6 Å². The zero-order valence-electron chi connectivity index (χ0n) is 9.65. The number of halogens is 1. The second-order valence-corrected chi connectivity index (χ2v) is 5.00. The van der Waals surface area contributed by atoms with Gasteiger partial charge in [-0.3, -0.25) is 4.79 Å². The quantitative estimate of drug-likeness (QED) is 0.903. The van der Waals surface area contributed by atoms with Crippen LogP contribution in [0.2, 0.25) is 0 Å². The predicted molar refractivity (Wildman–Crippen MR) is 69.2 cm³/mol. The van der Waals surface area contributed by atoms with Gasteiger partial charge < -0.3 is 15.4 Å². The Morgan fingerprint density at radius 3 is 2.88 bits per heavy atom. The molecule has 1 aromatic carbocycles. The highest BCUT2D eigenvalue weighted by Crippen LogP contribution is 2.26. The first-order chi connectivity index (χ1) is 8.11. The molecule has 1 aromatic rings. The van der Waals surface area contributed by atoms with Crippen LogP contribution in [0, 0.1) is 0 Å². The van der Waals surface area contributed by atoms with Crippen molar-refractivity contribution in [2.24, 2.45) is 5.73 Å². The fraction of sp³-hybridized carbons (Fsp3) is 0.417. The van der Waals surface area contributed by atoms with E-state index < -0.39 is 0 Å². The highest BCUT2D eigenvalue weighted by atomic mass is 79.9. The first-order valence-electron chi connectivity index (χ1n) is 5.50. The molecule has 1 heterocycles. The van der Waals surface area contributed by atoms with Crippen LogP contribution in [0.3, 0.4) is 0 Å². The summed E-state index contributed by atoms with van der Waals surface area (Å²) in [7, 11) is 1.60. The van der Waals surface area contributed by atoms with Crippen LogP contribution in [0.25, 0.3) is 0 Å². The minimum atomic E-state index is 0.0290. The molecular weight excluding hydrogens is 284 g/mol. The standard InChI is InChI=1S/C12H15BrN2O2/c1-17-11-3-2-8(6-10(11)13)12(16)15-5-4-9(14)7-15/h2-3,6,9H,4-5,7,14H2,1H3/t9-/m1/s1. The molecule has 1 atom stereocenters. The van der Waals surface area contributed by atoms with E-state index in [0.717, 1.165) is 23.2 Å². The van der Waals surface area contributed by atoms with Crippen molar-refractivity contribution in [3.63, 3.8) is 0 Å². The van der Waals surface area contributed by atoms with E-state index >= 15 is 0 Å². The molecule has 0 radical (unpaired) electrons. The van der Waals surface area contributed by atoms with Crippen molar-refractivity contribution in [1.82, 2.24) is 4.90 Å². The monoisotopic (exact) mass is 298 g/mol. The zero-order chi connectivity index (χ0) is 12.4. The second kappa shape index (κ2) is 5.06. The molecule has 17 heavy (non-hydrogen) atoms. The first-order valence-corrected chi connectivity index (χ1v) is 6.29. The summed E-state index contributed by atoms with van der Waals surface area (Å²) in [6.45, 7) is 1.38. The lowest BCUT2D eigenvalue weighted by molar-refractivity contribution is 0.0791. The number of hydrogen-bond acceptors (Lipinski definition) is 3. The SMILES string of the molecule is COc1ccc(C(=O)N2CC[C@@H](N)C2)cc1Br. The lowest BCUT2D eigenvalue weighted by Gasteiger charge is -2.16. The Hall–Kier alpha value is -1.07. The summed E-state index contributed by atoms with van der Waals surface area (Å²) in [5.41, 5.74) is 6.45. The summed E-state index contributed by atoms with van der Waals surface area (Å²) in [5, 5.41) is 0. The van der Waals surface area contributed by atoms with Gasteiger partial charge in [0, 0.05) is 24.7 Å². The Labute approximate surface area is 109 Å². The van der Waals surface area contributed by atoms with Gasteiger partial charge >= 0.3 is 0 Å². The summed E-state index contributed by atoms with van der Waals surface area (Å²) in [6, 6.07) is 5.45. The van der Waals surface area contributed by atoms with Crippen molar-refractivity contribution in [3.8, 4) is 5.75 Å². The number of nitrogens with zero attached hydrogens (tertiary/aromatic N) is 1.